The second-order valence-electron chi connectivity index (χ2n) is 4.96. The van der Waals surface area contributed by atoms with Gasteiger partial charge in [0.05, 0.1) is 0 Å². The molecule has 4 nitrogen and oxygen atoms in total. The summed E-state index contributed by atoms with van der Waals surface area (Å²) in [7, 11) is 0. The molecular weight excluding hydrogens is 192 g/mol. The Morgan fingerprint density at radius 1 is 1.33 bits per heavy atom. The Morgan fingerprint density at radius 3 is 2.40 bits per heavy atom. The van der Waals surface area contributed by atoms with Crippen LogP contribution in [0.2, 0.25) is 0 Å². The molecule has 0 aromatic carbocycles. The monoisotopic (exact) mass is 212 g/mol. The fourth-order valence-electron chi connectivity index (χ4n) is 2.46. The molecule has 1 atom stereocenters. The maximum absolute atomic E-state index is 11.2. The molecular formula is C11H20N2O2. The summed E-state index contributed by atoms with van der Waals surface area (Å²) < 4.78 is 0. The third-order valence-corrected chi connectivity index (χ3v) is 3.64. The van der Waals surface area contributed by atoms with Gasteiger partial charge in [0.25, 0.3) is 0 Å². The lowest BCUT2D eigenvalue weighted by Crippen LogP contribution is -2.58. The van der Waals surface area contributed by atoms with Crippen molar-refractivity contribution in [3.8, 4) is 0 Å². The first-order valence-electron chi connectivity index (χ1n) is 5.87. The summed E-state index contributed by atoms with van der Waals surface area (Å²) in [6, 6.07) is 0. The number of carbonyl (C=O) groups is 1. The normalized spacial score (nSPS) is 27.3. The Hall–Kier alpha value is -0.610. The maximum atomic E-state index is 11.2. The molecule has 1 saturated carbocycles. The van der Waals surface area contributed by atoms with Crippen molar-refractivity contribution in [3.63, 3.8) is 0 Å². The molecule has 4 heteroatoms. The van der Waals surface area contributed by atoms with Gasteiger partial charge in [-0.15, -0.1) is 0 Å². The van der Waals surface area contributed by atoms with Crippen molar-refractivity contribution in [2.75, 3.05) is 19.6 Å². The lowest BCUT2D eigenvalue weighted by molar-refractivity contribution is -0.145. The summed E-state index contributed by atoms with van der Waals surface area (Å²) in [6.07, 6.45) is 5.60. The van der Waals surface area contributed by atoms with Gasteiger partial charge in [-0.25, -0.2) is 0 Å². The molecule has 1 heterocycles. The maximum Gasteiger partial charge on any atom is 0.325 e. The van der Waals surface area contributed by atoms with Gasteiger partial charge in [0.2, 0.25) is 0 Å². The summed E-state index contributed by atoms with van der Waals surface area (Å²) in [5, 5.41) is 9.22. The highest BCUT2D eigenvalue weighted by molar-refractivity contribution is 5.79. The highest BCUT2D eigenvalue weighted by Crippen LogP contribution is 2.39. The fraction of sp³-hybridized carbons (Fsp3) is 0.909. The zero-order valence-electron chi connectivity index (χ0n) is 9.11. The van der Waals surface area contributed by atoms with Crippen LogP contribution in [-0.2, 0) is 4.79 Å². The van der Waals surface area contributed by atoms with Gasteiger partial charge in [-0.2, -0.15) is 0 Å². The fourth-order valence-corrected chi connectivity index (χ4v) is 2.46. The summed E-state index contributed by atoms with van der Waals surface area (Å²) in [4.78, 5) is 13.4. The molecule has 0 amide bonds. The van der Waals surface area contributed by atoms with Gasteiger partial charge in [-0.05, 0) is 44.7 Å². The standard InChI is InChI=1S/C11H20N2O2/c12-11(10(14)15,9-4-5-9)8-13-6-2-1-3-7-13/h9H,1-8,12H2,(H,14,15). The van der Waals surface area contributed by atoms with E-state index in [0.717, 1.165) is 25.9 Å². The minimum atomic E-state index is -0.989. The van der Waals surface area contributed by atoms with E-state index in [9.17, 15) is 9.90 Å². The van der Waals surface area contributed by atoms with E-state index in [1.807, 2.05) is 0 Å². The minimum Gasteiger partial charge on any atom is -0.480 e. The van der Waals surface area contributed by atoms with Crippen LogP contribution in [0.15, 0.2) is 0 Å². The van der Waals surface area contributed by atoms with Crippen molar-refractivity contribution < 1.29 is 9.90 Å². The van der Waals surface area contributed by atoms with E-state index in [2.05, 4.69) is 4.90 Å². The predicted molar refractivity (Wildman–Crippen MR) is 57.6 cm³/mol. The first kappa shape index (κ1) is 10.9. The lowest BCUT2D eigenvalue weighted by Gasteiger charge is -2.34. The summed E-state index contributed by atoms with van der Waals surface area (Å²) in [5.74, 6) is -0.618. The van der Waals surface area contributed by atoms with Gasteiger partial charge >= 0.3 is 5.97 Å². The summed E-state index contributed by atoms with van der Waals surface area (Å²) >= 11 is 0. The van der Waals surface area contributed by atoms with Crippen LogP contribution in [0.25, 0.3) is 0 Å². The molecule has 0 bridgehead atoms. The number of nitrogens with two attached hydrogens (primary N) is 1. The number of hydrogen-bond acceptors (Lipinski definition) is 3. The van der Waals surface area contributed by atoms with Crippen molar-refractivity contribution >= 4 is 5.97 Å². The van der Waals surface area contributed by atoms with Crippen LogP contribution >= 0.6 is 0 Å². The molecule has 15 heavy (non-hydrogen) atoms. The Morgan fingerprint density at radius 2 is 1.93 bits per heavy atom. The molecule has 1 saturated heterocycles. The molecule has 3 N–H and O–H groups in total. The number of piperidine rings is 1. The van der Waals surface area contributed by atoms with E-state index in [1.54, 1.807) is 0 Å². The van der Waals surface area contributed by atoms with Crippen LogP contribution in [0, 0.1) is 5.92 Å². The van der Waals surface area contributed by atoms with E-state index in [0.29, 0.717) is 6.54 Å². The molecule has 1 aliphatic carbocycles. The molecule has 0 aromatic heterocycles. The van der Waals surface area contributed by atoms with Gasteiger partial charge in [0.15, 0.2) is 0 Å². The molecule has 86 valence electrons. The number of carboxylic acids is 1. The van der Waals surface area contributed by atoms with Crippen LogP contribution in [0.3, 0.4) is 0 Å². The second-order valence-corrected chi connectivity index (χ2v) is 4.96. The van der Waals surface area contributed by atoms with Crippen molar-refractivity contribution in [2.24, 2.45) is 11.7 Å². The van der Waals surface area contributed by atoms with Crippen LogP contribution in [0.1, 0.15) is 32.1 Å². The topological polar surface area (TPSA) is 66.6 Å². The Labute approximate surface area is 90.4 Å². The SMILES string of the molecule is NC(CN1CCCCC1)(C(=O)O)C1CC1. The third kappa shape index (κ3) is 2.32. The van der Waals surface area contributed by atoms with Crippen LogP contribution < -0.4 is 5.73 Å². The van der Waals surface area contributed by atoms with Crippen molar-refractivity contribution in [3.05, 3.63) is 0 Å². The minimum absolute atomic E-state index is 0.205. The van der Waals surface area contributed by atoms with Crippen LogP contribution in [0.5, 0.6) is 0 Å². The summed E-state index contributed by atoms with van der Waals surface area (Å²) in [6.45, 7) is 2.56. The average molecular weight is 212 g/mol. The zero-order chi connectivity index (χ0) is 10.9. The van der Waals surface area contributed by atoms with Gasteiger partial charge in [0, 0.05) is 6.54 Å². The molecule has 2 rings (SSSR count). The predicted octanol–water partition coefficient (Wildman–Crippen LogP) is 0.664. The van der Waals surface area contributed by atoms with Gasteiger partial charge in [-0.3, -0.25) is 4.79 Å². The first-order chi connectivity index (χ1) is 7.13. The van der Waals surface area contributed by atoms with E-state index in [1.165, 1.54) is 19.3 Å². The molecule has 2 fully saturated rings. The van der Waals surface area contributed by atoms with E-state index >= 15 is 0 Å². The molecule has 1 aliphatic heterocycles. The number of likely N-dealkylation sites (tertiary alicyclic amines) is 1. The number of rotatable bonds is 4. The van der Waals surface area contributed by atoms with Crippen molar-refractivity contribution in [2.45, 2.75) is 37.6 Å². The number of carboxylic acid groups (broad SMARTS) is 1. The number of hydrogen-bond donors (Lipinski definition) is 2. The highest BCUT2D eigenvalue weighted by Gasteiger charge is 2.49. The smallest absolute Gasteiger partial charge is 0.325 e. The largest absolute Gasteiger partial charge is 0.480 e. The van der Waals surface area contributed by atoms with Gasteiger partial charge < -0.3 is 15.7 Å². The Kier molecular flexibility index (Phi) is 2.98. The molecule has 0 spiro atoms. The summed E-state index contributed by atoms with van der Waals surface area (Å²) in [5.41, 5.74) is 5.05. The third-order valence-electron chi connectivity index (χ3n) is 3.64. The first-order valence-corrected chi connectivity index (χ1v) is 5.87. The van der Waals surface area contributed by atoms with E-state index in [4.69, 9.17) is 5.73 Å². The zero-order valence-corrected chi connectivity index (χ0v) is 9.11. The molecule has 1 unspecified atom stereocenters. The average Bonchev–Trinajstić information content (AvgIpc) is 3.02. The number of aliphatic carboxylic acids is 1. The molecule has 0 radical (unpaired) electrons. The number of nitrogens with zero attached hydrogens (tertiary/aromatic N) is 1. The Bertz CT molecular complexity index is 247. The molecule has 0 aromatic rings. The Balaban J connectivity index is 1.96. The lowest BCUT2D eigenvalue weighted by atomic mass is 9.93. The van der Waals surface area contributed by atoms with Gasteiger partial charge in [-0.1, -0.05) is 6.42 Å². The van der Waals surface area contributed by atoms with Crippen LogP contribution in [-0.4, -0.2) is 41.1 Å². The van der Waals surface area contributed by atoms with Crippen molar-refractivity contribution in [1.29, 1.82) is 0 Å². The quantitative estimate of drug-likeness (QED) is 0.718. The van der Waals surface area contributed by atoms with Crippen molar-refractivity contribution in [1.82, 2.24) is 4.90 Å². The molecule has 2 aliphatic rings. The highest BCUT2D eigenvalue weighted by atomic mass is 16.4. The van der Waals surface area contributed by atoms with Crippen LogP contribution in [0.4, 0.5) is 0 Å². The van der Waals surface area contributed by atoms with E-state index < -0.39 is 11.5 Å². The van der Waals surface area contributed by atoms with E-state index in [-0.39, 0.29) is 5.92 Å². The second kappa shape index (κ2) is 4.10. The van der Waals surface area contributed by atoms with Gasteiger partial charge in [0.1, 0.15) is 5.54 Å².